The van der Waals surface area contributed by atoms with Crippen LogP contribution >= 0.6 is 24.0 Å². The maximum absolute atomic E-state index is 5.52. The van der Waals surface area contributed by atoms with E-state index in [1.54, 1.807) is 13.2 Å². The zero-order valence-corrected chi connectivity index (χ0v) is 17.4. The molecule has 2 heterocycles. The van der Waals surface area contributed by atoms with E-state index >= 15 is 0 Å². The largest absolute Gasteiger partial charge is 0.478 e. The molecule has 0 aliphatic rings. The van der Waals surface area contributed by atoms with E-state index < -0.39 is 0 Å². The fraction of sp³-hybridized carbons (Fsp3) is 0.471. The summed E-state index contributed by atoms with van der Waals surface area (Å²) >= 11 is 0. The summed E-state index contributed by atoms with van der Waals surface area (Å²) in [5, 5.41) is 10.5. The highest BCUT2D eigenvalue weighted by Gasteiger charge is 2.09. The lowest BCUT2D eigenvalue weighted by Gasteiger charge is -2.12. The van der Waals surface area contributed by atoms with Gasteiger partial charge in [-0.2, -0.15) is 0 Å². The molecule has 0 fully saturated rings. The quantitative estimate of drug-likeness (QED) is 0.376. The molecule has 0 bridgehead atoms. The molecule has 0 aliphatic heterocycles. The smallest absolute Gasteiger partial charge is 0.218 e. The Morgan fingerprint density at radius 1 is 1.32 bits per heavy atom. The zero-order chi connectivity index (χ0) is 17.4. The molecule has 2 aromatic rings. The Morgan fingerprint density at radius 2 is 2.08 bits per heavy atom. The van der Waals surface area contributed by atoms with Crippen LogP contribution in [0.2, 0.25) is 0 Å². The van der Waals surface area contributed by atoms with E-state index in [2.05, 4.69) is 39.6 Å². The van der Waals surface area contributed by atoms with Gasteiger partial charge in [-0.25, -0.2) is 4.98 Å². The number of ether oxygens (including phenoxy) is 1. The van der Waals surface area contributed by atoms with Gasteiger partial charge in [0.05, 0.1) is 18.8 Å². The molecule has 0 unspecified atom stereocenters. The van der Waals surface area contributed by atoms with E-state index in [1.807, 2.05) is 25.1 Å². The van der Waals surface area contributed by atoms with Gasteiger partial charge in [-0.15, -0.1) is 24.0 Å². The molecule has 25 heavy (non-hydrogen) atoms. The molecule has 0 spiro atoms. The Hall–Kier alpha value is -1.84. The van der Waals surface area contributed by atoms with Crippen molar-refractivity contribution in [3.8, 4) is 5.88 Å². The molecule has 0 atom stereocenters. The second kappa shape index (κ2) is 10.9. The molecular weight excluding hydrogens is 433 g/mol. The number of nitrogens with zero attached hydrogens (tertiary/aromatic N) is 3. The van der Waals surface area contributed by atoms with Gasteiger partial charge in [0.2, 0.25) is 5.88 Å². The normalized spacial score (nSPS) is 11.2. The molecule has 7 nitrogen and oxygen atoms in total. The van der Waals surface area contributed by atoms with Crippen LogP contribution in [0.25, 0.3) is 0 Å². The number of rotatable bonds is 7. The first kappa shape index (κ1) is 21.2. The topological polar surface area (TPSA) is 84.6 Å². The van der Waals surface area contributed by atoms with Crippen molar-refractivity contribution in [3.63, 3.8) is 0 Å². The fourth-order valence-electron chi connectivity index (χ4n) is 2.08. The monoisotopic (exact) mass is 459 g/mol. The highest BCUT2D eigenvalue weighted by Crippen LogP contribution is 2.14. The molecule has 2 rings (SSSR count). The van der Waals surface area contributed by atoms with Crippen molar-refractivity contribution in [1.29, 1.82) is 0 Å². The van der Waals surface area contributed by atoms with Crippen LogP contribution in [0, 0.1) is 0 Å². The first-order valence-electron chi connectivity index (χ1n) is 8.10. The number of pyridine rings is 1. The number of aromatic nitrogens is 2. The molecule has 0 amide bonds. The van der Waals surface area contributed by atoms with E-state index in [-0.39, 0.29) is 24.0 Å². The standard InChI is InChI=1S/C17H25N5O2.HI/c1-5-23-16-13(7-6-8-19-16)10-20-17(18-4)21-11-14-9-15(12(2)3)22-24-14;/h6-9,12H,5,10-11H2,1-4H3,(H2,18,20,21);1H. The van der Waals surface area contributed by atoms with Crippen LogP contribution in [0.3, 0.4) is 0 Å². The molecule has 8 heteroatoms. The second-order valence-electron chi connectivity index (χ2n) is 5.55. The van der Waals surface area contributed by atoms with E-state index in [0.717, 1.165) is 17.0 Å². The Morgan fingerprint density at radius 3 is 2.72 bits per heavy atom. The van der Waals surface area contributed by atoms with Crippen molar-refractivity contribution in [2.24, 2.45) is 4.99 Å². The van der Waals surface area contributed by atoms with Crippen LogP contribution in [-0.4, -0.2) is 29.8 Å². The van der Waals surface area contributed by atoms with Crippen LogP contribution in [0.1, 0.15) is 43.7 Å². The summed E-state index contributed by atoms with van der Waals surface area (Å²) in [4.78, 5) is 8.45. The van der Waals surface area contributed by atoms with E-state index in [9.17, 15) is 0 Å². The summed E-state index contributed by atoms with van der Waals surface area (Å²) < 4.78 is 10.8. The van der Waals surface area contributed by atoms with Gasteiger partial charge >= 0.3 is 0 Å². The molecule has 0 aliphatic carbocycles. The zero-order valence-electron chi connectivity index (χ0n) is 15.1. The average molecular weight is 459 g/mol. The number of nitrogens with one attached hydrogen (secondary N) is 2. The van der Waals surface area contributed by atoms with Crippen LogP contribution in [0.15, 0.2) is 33.9 Å². The lowest BCUT2D eigenvalue weighted by molar-refractivity contribution is 0.322. The van der Waals surface area contributed by atoms with Crippen LogP contribution in [0.4, 0.5) is 0 Å². The predicted octanol–water partition coefficient (Wildman–Crippen LogP) is 3.07. The van der Waals surface area contributed by atoms with E-state index in [1.165, 1.54) is 0 Å². The maximum atomic E-state index is 5.52. The van der Waals surface area contributed by atoms with Crippen LogP contribution in [-0.2, 0) is 13.1 Å². The molecular formula is C17H26IN5O2. The maximum Gasteiger partial charge on any atom is 0.218 e. The highest BCUT2D eigenvalue weighted by molar-refractivity contribution is 14.0. The molecule has 2 N–H and O–H groups in total. The molecule has 0 saturated carbocycles. The molecule has 2 aromatic heterocycles. The lowest BCUT2D eigenvalue weighted by Crippen LogP contribution is -2.36. The third-order valence-electron chi connectivity index (χ3n) is 3.40. The Labute approximate surface area is 165 Å². The van der Waals surface area contributed by atoms with Gasteiger partial charge in [0.15, 0.2) is 11.7 Å². The first-order valence-corrected chi connectivity index (χ1v) is 8.10. The van der Waals surface area contributed by atoms with Gasteiger partial charge in [0, 0.05) is 31.4 Å². The fourth-order valence-corrected chi connectivity index (χ4v) is 2.08. The number of aliphatic imine (C=N–C) groups is 1. The second-order valence-corrected chi connectivity index (χ2v) is 5.55. The molecule has 0 aromatic carbocycles. The summed E-state index contributed by atoms with van der Waals surface area (Å²) in [6.45, 7) is 7.77. The number of guanidine groups is 1. The van der Waals surface area contributed by atoms with Gasteiger partial charge in [-0.1, -0.05) is 25.1 Å². The Bertz CT molecular complexity index is 673. The van der Waals surface area contributed by atoms with Crippen molar-refractivity contribution >= 4 is 29.9 Å². The van der Waals surface area contributed by atoms with Gasteiger partial charge in [-0.05, 0) is 18.9 Å². The van der Waals surface area contributed by atoms with E-state index in [4.69, 9.17) is 9.26 Å². The SMILES string of the molecule is CCOc1ncccc1CNC(=NC)NCc1cc(C(C)C)no1.I. The van der Waals surface area contributed by atoms with Gasteiger partial charge in [-0.3, -0.25) is 4.99 Å². The summed E-state index contributed by atoms with van der Waals surface area (Å²) in [6, 6.07) is 5.82. The van der Waals surface area contributed by atoms with Crippen molar-refractivity contribution < 1.29 is 9.26 Å². The summed E-state index contributed by atoms with van der Waals surface area (Å²) in [5.74, 6) is 2.43. The Balaban J connectivity index is 0.00000312. The number of hydrogen-bond acceptors (Lipinski definition) is 5. The van der Waals surface area contributed by atoms with Crippen LogP contribution in [0.5, 0.6) is 5.88 Å². The first-order chi connectivity index (χ1) is 11.6. The highest BCUT2D eigenvalue weighted by atomic mass is 127. The minimum Gasteiger partial charge on any atom is -0.478 e. The van der Waals surface area contributed by atoms with Gasteiger partial charge < -0.3 is 19.9 Å². The average Bonchev–Trinajstić information content (AvgIpc) is 3.06. The Kier molecular flexibility index (Phi) is 9.25. The summed E-state index contributed by atoms with van der Waals surface area (Å²) in [5.41, 5.74) is 1.93. The summed E-state index contributed by atoms with van der Waals surface area (Å²) in [7, 11) is 1.72. The molecule has 0 saturated heterocycles. The third kappa shape index (κ3) is 6.52. The lowest BCUT2D eigenvalue weighted by atomic mass is 10.1. The van der Waals surface area contributed by atoms with Crippen molar-refractivity contribution in [1.82, 2.24) is 20.8 Å². The number of halogens is 1. The molecule has 138 valence electrons. The van der Waals surface area contributed by atoms with Crippen molar-refractivity contribution in [2.75, 3.05) is 13.7 Å². The van der Waals surface area contributed by atoms with Gasteiger partial charge in [0.1, 0.15) is 0 Å². The minimum absolute atomic E-state index is 0. The van der Waals surface area contributed by atoms with Crippen LogP contribution < -0.4 is 15.4 Å². The van der Waals surface area contributed by atoms with E-state index in [0.29, 0.717) is 37.5 Å². The van der Waals surface area contributed by atoms with Crippen molar-refractivity contribution in [3.05, 3.63) is 41.4 Å². The summed E-state index contributed by atoms with van der Waals surface area (Å²) in [6.07, 6.45) is 1.72. The number of hydrogen-bond donors (Lipinski definition) is 2. The minimum atomic E-state index is 0. The molecule has 0 radical (unpaired) electrons. The van der Waals surface area contributed by atoms with Gasteiger partial charge in [0.25, 0.3) is 0 Å². The van der Waals surface area contributed by atoms with Crippen molar-refractivity contribution in [2.45, 2.75) is 39.8 Å². The third-order valence-corrected chi connectivity index (χ3v) is 3.40. The predicted molar refractivity (Wildman–Crippen MR) is 108 cm³/mol.